The highest BCUT2D eigenvalue weighted by molar-refractivity contribution is 7.78. The van der Waals surface area contributed by atoms with E-state index in [-0.39, 0.29) is 11.5 Å². The zero-order valence-corrected chi connectivity index (χ0v) is 15.2. The second-order valence-corrected chi connectivity index (χ2v) is 7.57. The SMILES string of the molecule is Fc1cc(-c2ccc(-c3ccc(C4CCC4)s3)cc2)ccc1N=C=S. The lowest BCUT2D eigenvalue weighted by Gasteiger charge is -2.23. The highest BCUT2D eigenvalue weighted by Crippen LogP contribution is 2.42. The summed E-state index contributed by atoms with van der Waals surface area (Å²) in [6.45, 7) is 0. The number of hydrogen-bond donors (Lipinski definition) is 0. The van der Waals surface area contributed by atoms with Gasteiger partial charge in [0.05, 0.1) is 5.16 Å². The minimum atomic E-state index is -0.387. The molecule has 0 radical (unpaired) electrons. The van der Waals surface area contributed by atoms with Gasteiger partial charge < -0.3 is 0 Å². The van der Waals surface area contributed by atoms with Crippen LogP contribution in [0.25, 0.3) is 21.6 Å². The van der Waals surface area contributed by atoms with Gasteiger partial charge in [-0.05, 0) is 71.9 Å². The lowest BCUT2D eigenvalue weighted by Crippen LogP contribution is -2.06. The summed E-state index contributed by atoms with van der Waals surface area (Å²) in [7, 11) is 0. The number of benzene rings is 2. The maximum absolute atomic E-state index is 14.0. The topological polar surface area (TPSA) is 12.4 Å². The van der Waals surface area contributed by atoms with Crippen molar-refractivity contribution in [1.29, 1.82) is 0 Å². The number of halogens is 1. The van der Waals surface area contributed by atoms with Crippen LogP contribution in [-0.4, -0.2) is 5.16 Å². The van der Waals surface area contributed by atoms with Gasteiger partial charge in [-0.1, -0.05) is 36.8 Å². The highest BCUT2D eigenvalue weighted by atomic mass is 32.1. The van der Waals surface area contributed by atoms with Crippen LogP contribution in [0, 0.1) is 5.82 Å². The van der Waals surface area contributed by atoms with Crippen LogP contribution < -0.4 is 0 Å². The molecule has 0 N–H and O–H groups in total. The number of nitrogens with zero attached hydrogens (tertiary/aromatic N) is 1. The first-order valence-electron chi connectivity index (χ1n) is 8.32. The summed E-state index contributed by atoms with van der Waals surface area (Å²) in [5.41, 5.74) is 3.24. The summed E-state index contributed by atoms with van der Waals surface area (Å²) in [5.74, 6) is 0.386. The summed E-state index contributed by atoms with van der Waals surface area (Å²) < 4.78 is 14.0. The lowest BCUT2D eigenvalue weighted by molar-refractivity contribution is 0.426. The van der Waals surface area contributed by atoms with Crippen LogP contribution in [0.3, 0.4) is 0 Å². The van der Waals surface area contributed by atoms with E-state index in [0.717, 1.165) is 17.0 Å². The normalized spacial score (nSPS) is 14.0. The van der Waals surface area contributed by atoms with Crippen LogP contribution in [0.1, 0.15) is 30.1 Å². The van der Waals surface area contributed by atoms with Gasteiger partial charge in [0, 0.05) is 9.75 Å². The van der Waals surface area contributed by atoms with Gasteiger partial charge >= 0.3 is 0 Å². The molecule has 124 valence electrons. The summed E-state index contributed by atoms with van der Waals surface area (Å²) in [4.78, 5) is 6.51. The maximum Gasteiger partial charge on any atom is 0.150 e. The second kappa shape index (κ2) is 7.01. The van der Waals surface area contributed by atoms with Crippen LogP contribution in [-0.2, 0) is 0 Å². The van der Waals surface area contributed by atoms with Gasteiger partial charge in [-0.3, -0.25) is 0 Å². The molecule has 0 saturated heterocycles. The molecule has 1 aromatic heterocycles. The van der Waals surface area contributed by atoms with Crippen LogP contribution >= 0.6 is 23.6 Å². The van der Waals surface area contributed by atoms with E-state index in [0.29, 0.717) is 0 Å². The first-order chi connectivity index (χ1) is 12.2. The minimum Gasteiger partial charge on any atom is -0.205 e. The Morgan fingerprint density at radius 2 is 1.68 bits per heavy atom. The van der Waals surface area contributed by atoms with Crippen LogP contribution in [0.15, 0.2) is 59.6 Å². The average molecular weight is 365 g/mol. The van der Waals surface area contributed by atoms with Gasteiger partial charge in [0.1, 0.15) is 11.5 Å². The van der Waals surface area contributed by atoms with Crippen molar-refractivity contribution in [1.82, 2.24) is 0 Å². The van der Waals surface area contributed by atoms with E-state index in [9.17, 15) is 4.39 Å². The third kappa shape index (κ3) is 3.34. The van der Waals surface area contributed by atoms with Crippen molar-refractivity contribution in [3.63, 3.8) is 0 Å². The van der Waals surface area contributed by atoms with Crippen molar-refractivity contribution < 1.29 is 4.39 Å². The maximum atomic E-state index is 14.0. The molecule has 1 fully saturated rings. The summed E-state index contributed by atoms with van der Waals surface area (Å²) in [5, 5.41) is 2.20. The Bertz CT molecular complexity index is 948. The lowest BCUT2D eigenvalue weighted by atomic mass is 9.84. The van der Waals surface area contributed by atoms with Crippen molar-refractivity contribution in [2.75, 3.05) is 0 Å². The predicted octanol–water partition coefficient (Wildman–Crippen LogP) is 7.22. The summed E-state index contributed by atoms with van der Waals surface area (Å²) in [6, 6.07) is 17.7. The Morgan fingerprint density at radius 1 is 0.960 bits per heavy atom. The van der Waals surface area contributed by atoms with Crippen LogP contribution in [0.2, 0.25) is 0 Å². The van der Waals surface area contributed by atoms with Crippen molar-refractivity contribution >= 4 is 34.4 Å². The molecule has 3 aromatic rings. The van der Waals surface area contributed by atoms with Crippen molar-refractivity contribution in [3.05, 3.63) is 65.3 Å². The molecule has 0 aliphatic heterocycles. The van der Waals surface area contributed by atoms with Gasteiger partial charge in [0.2, 0.25) is 0 Å². The molecule has 2 aromatic carbocycles. The number of thiophene rings is 1. The molecule has 0 amide bonds. The highest BCUT2D eigenvalue weighted by Gasteiger charge is 2.21. The van der Waals surface area contributed by atoms with E-state index in [4.69, 9.17) is 0 Å². The molecule has 0 atom stereocenters. The molecule has 1 heterocycles. The first kappa shape index (κ1) is 16.3. The van der Waals surface area contributed by atoms with Gasteiger partial charge in [-0.2, -0.15) is 4.99 Å². The summed E-state index contributed by atoms with van der Waals surface area (Å²) >= 11 is 6.42. The van der Waals surface area contributed by atoms with E-state index in [1.165, 1.54) is 40.6 Å². The van der Waals surface area contributed by atoms with Gasteiger partial charge in [-0.15, -0.1) is 11.3 Å². The molecule has 0 bridgehead atoms. The Labute approximate surface area is 155 Å². The van der Waals surface area contributed by atoms with Crippen molar-refractivity contribution in [2.45, 2.75) is 25.2 Å². The molecule has 1 aliphatic rings. The monoisotopic (exact) mass is 365 g/mol. The summed E-state index contributed by atoms with van der Waals surface area (Å²) in [6.07, 6.45) is 4.01. The number of rotatable bonds is 4. The minimum absolute atomic E-state index is 0.220. The van der Waals surface area contributed by atoms with Crippen molar-refractivity contribution in [3.8, 4) is 21.6 Å². The number of isothiocyanates is 1. The Morgan fingerprint density at radius 3 is 2.32 bits per heavy atom. The molecular formula is C21H16FNS2. The van der Waals surface area contributed by atoms with E-state index in [1.54, 1.807) is 6.07 Å². The molecule has 4 heteroatoms. The second-order valence-electron chi connectivity index (χ2n) is 6.28. The fraction of sp³-hybridized carbons (Fsp3) is 0.190. The van der Waals surface area contributed by atoms with E-state index < -0.39 is 0 Å². The smallest absolute Gasteiger partial charge is 0.150 e. The van der Waals surface area contributed by atoms with Crippen molar-refractivity contribution in [2.24, 2.45) is 4.99 Å². The zero-order valence-electron chi connectivity index (χ0n) is 13.5. The first-order valence-corrected chi connectivity index (χ1v) is 9.55. The predicted molar refractivity (Wildman–Crippen MR) is 106 cm³/mol. The number of aliphatic imine (C=N–C) groups is 1. The molecule has 25 heavy (non-hydrogen) atoms. The fourth-order valence-corrected chi connectivity index (χ4v) is 4.35. The van der Waals surface area contributed by atoms with Gasteiger partial charge in [0.15, 0.2) is 0 Å². The third-order valence-electron chi connectivity index (χ3n) is 4.75. The Kier molecular flexibility index (Phi) is 4.58. The quantitative estimate of drug-likeness (QED) is 0.351. The third-order valence-corrected chi connectivity index (χ3v) is 6.14. The molecular weight excluding hydrogens is 349 g/mol. The largest absolute Gasteiger partial charge is 0.205 e. The van der Waals surface area contributed by atoms with Crippen LogP contribution in [0.4, 0.5) is 10.1 Å². The Balaban J connectivity index is 1.58. The van der Waals surface area contributed by atoms with Gasteiger partial charge in [-0.25, -0.2) is 4.39 Å². The van der Waals surface area contributed by atoms with E-state index in [2.05, 4.69) is 46.6 Å². The van der Waals surface area contributed by atoms with Gasteiger partial charge in [0.25, 0.3) is 0 Å². The molecule has 0 unspecified atom stereocenters. The molecule has 4 rings (SSSR count). The zero-order chi connectivity index (χ0) is 17.2. The number of thiocarbonyl (C=S) groups is 1. The van der Waals surface area contributed by atoms with E-state index >= 15 is 0 Å². The average Bonchev–Trinajstić information content (AvgIpc) is 3.05. The van der Waals surface area contributed by atoms with E-state index in [1.807, 2.05) is 29.5 Å². The number of hydrogen-bond acceptors (Lipinski definition) is 3. The molecule has 1 aliphatic carbocycles. The van der Waals surface area contributed by atoms with Crippen LogP contribution in [0.5, 0.6) is 0 Å². The fourth-order valence-electron chi connectivity index (χ4n) is 3.07. The Hall–Kier alpha value is -2.13. The standard InChI is InChI=1S/C21H16FNS2/c22-18-12-17(8-9-19(18)23-13-24)14-4-6-16(7-5-14)21-11-10-20(25-21)15-2-1-3-15/h4-12,15H,1-3H2. The molecule has 1 nitrogen and oxygen atoms in total. The molecule has 1 saturated carbocycles. The molecule has 0 spiro atoms.